The van der Waals surface area contributed by atoms with Gasteiger partial charge in [-0.1, -0.05) is 0 Å². The average Bonchev–Trinajstić information content (AvgIpc) is 3.16. The highest BCUT2D eigenvalue weighted by Gasteiger charge is 2.21. The monoisotopic (exact) mass is 327 g/mol. The number of furan rings is 1. The van der Waals surface area contributed by atoms with Crippen LogP contribution in [0.3, 0.4) is 0 Å². The number of amides is 1. The fraction of sp³-hybridized carbons (Fsp3) is 0.222. The van der Waals surface area contributed by atoms with Gasteiger partial charge in [-0.05, 0) is 57.2 Å². The molecule has 0 aliphatic rings. The second kappa shape index (κ2) is 6.31. The normalized spacial score (nSPS) is 12.2. The molecule has 6 heteroatoms. The predicted molar refractivity (Wildman–Crippen MR) is 87.6 cm³/mol. The summed E-state index contributed by atoms with van der Waals surface area (Å²) < 4.78 is 20.0. The van der Waals surface area contributed by atoms with Gasteiger partial charge >= 0.3 is 0 Å². The van der Waals surface area contributed by atoms with Crippen molar-refractivity contribution in [3.8, 4) is 5.69 Å². The molecule has 0 aliphatic heterocycles. The summed E-state index contributed by atoms with van der Waals surface area (Å²) in [4.78, 5) is 12.6. The van der Waals surface area contributed by atoms with E-state index in [-0.39, 0.29) is 17.8 Å². The number of hydrogen-bond donors (Lipinski definition) is 1. The number of benzene rings is 1. The highest BCUT2D eigenvalue weighted by Crippen LogP contribution is 2.20. The van der Waals surface area contributed by atoms with E-state index in [9.17, 15) is 9.18 Å². The van der Waals surface area contributed by atoms with Crippen molar-refractivity contribution in [1.82, 2.24) is 15.1 Å². The Morgan fingerprint density at radius 1 is 1.25 bits per heavy atom. The number of halogens is 1. The number of nitrogens with one attached hydrogen (secondary N) is 1. The summed E-state index contributed by atoms with van der Waals surface area (Å²) in [7, 11) is 0. The van der Waals surface area contributed by atoms with E-state index >= 15 is 0 Å². The van der Waals surface area contributed by atoms with E-state index in [0.29, 0.717) is 28.4 Å². The van der Waals surface area contributed by atoms with Gasteiger partial charge in [-0.3, -0.25) is 4.79 Å². The second-order valence-corrected chi connectivity index (χ2v) is 5.64. The minimum Gasteiger partial charge on any atom is -0.467 e. The molecule has 3 aromatic rings. The third-order valence-corrected chi connectivity index (χ3v) is 3.91. The Hall–Kier alpha value is -2.89. The lowest BCUT2D eigenvalue weighted by molar-refractivity contribution is 0.0934. The largest absolute Gasteiger partial charge is 0.467 e. The van der Waals surface area contributed by atoms with E-state index < -0.39 is 0 Å². The Balaban J connectivity index is 1.88. The van der Waals surface area contributed by atoms with Crippen LogP contribution >= 0.6 is 0 Å². The van der Waals surface area contributed by atoms with Crippen LogP contribution in [0.4, 0.5) is 4.39 Å². The highest BCUT2D eigenvalue weighted by molar-refractivity contribution is 5.96. The molecule has 0 radical (unpaired) electrons. The molecule has 1 aromatic carbocycles. The zero-order valence-corrected chi connectivity index (χ0v) is 13.7. The zero-order chi connectivity index (χ0) is 17.3. The number of rotatable bonds is 4. The number of aromatic nitrogens is 2. The number of hydrogen-bond acceptors (Lipinski definition) is 3. The molecule has 2 aromatic heterocycles. The molecular weight excluding hydrogens is 309 g/mol. The number of carbonyl (C=O) groups excluding carboxylic acids is 1. The van der Waals surface area contributed by atoms with Crippen molar-refractivity contribution in [3.05, 3.63) is 71.2 Å². The van der Waals surface area contributed by atoms with Gasteiger partial charge in [-0.2, -0.15) is 5.10 Å². The van der Waals surface area contributed by atoms with Crippen LogP contribution in [0, 0.1) is 19.7 Å². The lowest BCUT2D eigenvalue weighted by atomic mass is 10.1. The second-order valence-electron chi connectivity index (χ2n) is 5.64. The summed E-state index contributed by atoms with van der Waals surface area (Å²) >= 11 is 0. The molecule has 3 rings (SSSR count). The summed E-state index contributed by atoms with van der Waals surface area (Å²) in [5.41, 5.74) is 2.53. The first kappa shape index (κ1) is 16.0. The lowest BCUT2D eigenvalue weighted by Crippen LogP contribution is -2.27. The van der Waals surface area contributed by atoms with E-state index in [4.69, 9.17) is 4.42 Å². The smallest absolute Gasteiger partial charge is 0.255 e. The van der Waals surface area contributed by atoms with Gasteiger partial charge in [-0.15, -0.1) is 0 Å². The predicted octanol–water partition coefficient (Wildman–Crippen LogP) is 3.71. The van der Waals surface area contributed by atoms with Crippen LogP contribution in [-0.4, -0.2) is 15.7 Å². The van der Waals surface area contributed by atoms with Gasteiger partial charge in [0.05, 0.1) is 34.9 Å². The maximum absolute atomic E-state index is 13.1. The van der Waals surface area contributed by atoms with Gasteiger partial charge in [0.1, 0.15) is 11.6 Å². The molecule has 1 N–H and O–H groups in total. The van der Waals surface area contributed by atoms with Crippen LogP contribution in [0.1, 0.15) is 40.5 Å². The fourth-order valence-corrected chi connectivity index (χ4v) is 2.68. The first-order valence-electron chi connectivity index (χ1n) is 7.64. The Morgan fingerprint density at radius 3 is 2.58 bits per heavy atom. The molecule has 1 unspecified atom stereocenters. The van der Waals surface area contributed by atoms with Gasteiger partial charge in [0.15, 0.2) is 0 Å². The topological polar surface area (TPSA) is 60.1 Å². The van der Waals surface area contributed by atoms with Gasteiger partial charge in [0, 0.05) is 0 Å². The van der Waals surface area contributed by atoms with Crippen molar-refractivity contribution in [3.63, 3.8) is 0 Å². The SMILES string of the molecule is Cc1nn(-c2ccc(F)cc2)c(C)c1C(=O)NC(C)c1ccco1. The lowest BCUT2D eigenvalue weighted by Gasteiger charge is -2.12. The molecule has 1 atom stereocenters. The van der Waals surface area contributed by atoms with Crippen LogP contribution in [0.25, 0.3) is 5.69 Å². The molecule has 0 aliphatic carbocycles. The van der Waals surface area contributed by atoms with Gasteiger partial charge < -0.3 is 9.73 Å². The number of aryl methyl sites for hydroxylation is 1. The summed E-state index contributed by atoms with van der Waals surface area (Å²) in [6.45, 7) is 5.45. The van der Waals surface area contributed by atoms with Crippen LogP contribution in [-0.2, 0) is 0 Å². The van der Waals surface area contributed by atoms with E-state index in [1.165, 1.54) is 12.1 Å². The van der Waals surface area contributed by atoms with Crippen molar-refractivity contribution < 1.29 is 13.6 Å². The van der Waals surface area contributed by atoms with E-state index in [2.05, 4.69) is 10.4 Å². The summed E-state index contributed by atoms with van der Waals surface area (Å²) in [6.07, 6.45) is 1.57. The minimum absolute atomic E-state index is 0.220. The van der Waals surface area contributed by atoms with Gasteiger partial charge in [-0.25, -0.2) is 9.07 Å². The van der Waals surface area contributed by atoms with Crippen LogP contribution < -0.4 is 5.32 Å². The Labute approximate surface area is 139 Å². The van der Waals surface area contributed by atoms with Gasteiger partial charge in [0.2, 0.25) is 0 Å². The summed E-state index contributed by atoms with van der Waals surface area (Å²) in [5.74, 6) is 0.150. The molecule has 0 spiro atoms. The number of nitrogens with zero attached hydrogens (tertiary/aromatic N) is 2. The molecule has 2 heterocycles. The molecule has 0 saturated heterocycles. The molecule has 0 fully saturated rings. The van der Waals surface area contributed by atoms with Crippen molar-refractivity contribution in [2.75, 3.05) is 0 Å². The zero-order valence-electron chi connectivity index (χ0n) is 13.7. The van der Waals surface area contributed by atoms with E-state index in [1.807, 2.05) is 19.9 Å². The Kier molecular flexibility index (Phi) is 4.20. The Morgan fingerprint density at radius 2 is 1.96 bits per heavy atom. The fourth-order valence-electron chi connectivity index (χ4n) is 2.68. The standard InChI is InChI=1S/C18H18FN3O2/c1-11(16-5-4-10-24-16)20-18(23)17-12(2)21-22(13(17)3)15-8-6-14(19)7-9-15/h4-11H,1-3H3,(H,20,23). The first-order chi connectivity index (χ1) is 11.5. The molecule has 5 nitrogen and oxygen atoms in total. The maximum atomic E-state index is 13.1. The Bertz CT molecular complexity index is 851. The van der Waals surface area contributed by atoms with Crippen molar-refractivity contribution in [2.45, 2.75) is 26.8 Å². The van der Waals surface area contributed by atoms with E-state index in [1.54, 1.807) is 36.1 Å². The minimum atomic E-state index is -0.314. The molecule has 0 saturated carbocycles. The van der Waals surface area contributed by atoms with Crippen LogP contribution in [0.5, 0.6) is 0 Å². The molecule has 1 amide bonds. The molecule has 24 heavy (non-hydrogen) atoms. The van der Waals surface area contributed by atoms with E-state index in [0.717, 1.165) is 0 Å². The molecule has 0 bridgehead atoms. The van der Waals surface area contributed by atoms with Gasteiger partial charge in [0.25, 0.3) is 5.91 Å². The first-order valence-corrected chi connectivity index (χ1v) is 7.64. The number of carbonyl (C=O) groups is 1. The van der Waals surface area contributed by atoms with Crippen molar-refractivity contribution in [2.24, 2.45) is 0 Å². The highest BCUT2D eigenvalue weighted by atomic mass is 19.1. The third-order valence-electron chi connectivity index (χ3n) is 3.91. The maximum Gasteiger partial charge on any atom is 0.255 e. The summed E-state index contributed by atoms with van der Waals surface area (Å²) in [5, 5.41) is 7.32. The summed E-state index contributed by atoms with van der Waals surface area (Å²) in [6, 6.07) is 9.33. The average molecular weight is 327 g/mol. The third kappa shape index (κ3) is 2.95. The van der Waals surface area contributed by atoms with Crippen LogP contribution in [0.2, 0.25) is 0 Å². The molecule has 124 valence electrons. The quantitative estimate of drug-likeness (QED) is 0.794. The van der Waals surface area contributed by atoms with Crippen molar-refractivity contribution >= 4 is 5.91 Å². The van der Waals surface area contributed by atoms with Crippen LogP contribution in [0.15, 0.2) is 47.1 Å². The van der Waals surface area contributed by atoms with Crippen molar-refractivity contribution in [1.29, 1.82) is 0 Å². The molecular formula is C18H18FN3O2.